The van der Waals surface area contributed by atoms with Crippen molar-refractivity contribution in [3.63, 3.8) is 0 Å². The van der Waals surface area contributed by atoms with E-state index >= 15 is 0 Å². The van der Waals surface area contributed by atoms with E-state index in [1.54, 1.807) is 12.0 Å². The second-order valence-electron chi connectivity index (χ2n) is 5.44. The van der Waals surface area contributed by atoms with Gasteiger partial charge in [-0.15, -0.1) is 0 Å². The molecule has 0 saturated carbocycles. The molecule has 7 heteroatoms. The summed E-state index contributed by atoms with van der Waals surface area (Å²) in [5.41, 5.74) is 0.813. The topological polar surface area (TPSA) is 77.7 Å². The third-order valence-electron chi connectivity index (χ3n) is 3.71. The predicted molar refractivity (Wildman–Crippen MR) is 82.0 cm³/mol. The minimum atomic E-state index is -0.0231. The van der Waals surface area contributed by atoms with E-state index in [1.807, 2.05) is 31.2 Å². The Morgan fingerprint density at radius 1 is 1.39 bits per heavy atom. The molecule has 1 unspecified atom stereocenters. The number of carbonyl (C=O) groups is 1. The summed E-state index contributed by atoms with van der Waals surface area (Å²) in [6, 6.07) is 7.34. The Hall–Kier alpha value is -2.41. The molecule has 0 radical (unpaired) electrons. The van der Waals surface area contributed by atoms with Gasteiger partial charge in [0, 0.05) is 18.7 Å². The van der Waals surface area contributed by atoms with E-state index in [0.717, 1.165) is 11.3 Å². The lowest BCUT2D eigenvalue weighted by Gasteiger charge is -2.30. The zero-order chi connectivity index (χ0) is 16.2. The number of benzene rings is 1. The van der Waals surface area contributed by atoms with Gasteiger partial charge in [-0.05, 0) is 31.2 Å². The summed E-state index contributed by atoms with van der Waals surface area (Å²) in [4.78, 5) is 18.3. The second kappa shape index (κ2) is 6.78. The molecule has 0 bridgehead atoms. The van der Waals surface area contributed by atoms with Crippen LogP contribution in [0.2, 0.25) is 0 Å². The molecule has 1 fully saturated rings. The summed E-state index contributed by atoms with van der Waals surface area (Å²) in [5.74, 6) is 1.52. The molecule has 1 aliphatic heterocycles. The molecule has 122 valence electrons. The summed E-state index contributed by atoms with van der Waals surface area (Å²) in [7, 11) is 1.61. The normalized spacial score (nSPS) is 18.0. The first-order valence-corrected chi connectivity index (χ1v) is 7.52. The maximum atomic E-state index is 12.3. The van der Waals surface area contributed by atoms with Gasteiger partial charge in [-0.2, -0.15) is 4.98 Å². The zero-order valence-electron chi connectivity index (χ0n) is 13.2. The van der Waals surface area contributed by atoms with Crippen LogP contribution >= 0.6 is 0 Å². The highest BCUT2D eigenvalue weighted by molar-refractivity contribution is 5.78. The molecule has 2 aromatic rings. The van der Waals surface area contributed by atoms with Crippen molar-refractivity contribution in [3.8, 4) is 17.1 Å². The molecule has 3 rings (SSSR count). The Morgan fingerprint density at radius 3 is 2.87 bits per heavy atom. The van der Waals surface area contributed by atoms with E-state index < -0.39 is 0 Å². The highest BCUT2D eigenvalue weighted by Gasteiger charge is 2.23. The van der Waals surface area contributed by atoms with Crippen LogP contribution in [-0.2, 0) is 16.0 Å². The van der Waals surface area contributed by atoms with E-state index in [2.05, 4.69) is 10.1 Å². The fourth-order valence-electron chi connectivity index (χ4n) is 2.47. The fraction of sp³-hybridized carbons (Fsp3) is 0.438. The standard InChI is InChI=1S/C16H19N3O4/c1-11-10-19(7-8-22-11)15(20)9-14-17-16(18-23-14)12-3-5-13(21-2)6-4-12/h3-6,11H,7-10H2,1-2H3. The minimum absolute atomic E-state index is 0.0231. The van der Waals surface area contributed by atoms with Crippen LogP contribution in [0.25, 0.3) is 11.4 Å². The molecule has 7 nitrogen and oxygen atoms in total. The lowest BCUT2D eigenvalue weighted by Crippen LogP contribution is -2.45. The van der Waals surface area contributed by atoms with Crippen LogP contribution in [0.5, 0.6) is 5.75 Å². The van der Waals surface area contributed by atoms with E-state index in [9.17, 15) is 4.79 Å². The van der Waals surface area contributed by atoms with Crippen molar-refractivity contribution in [2.45, 2.75) is 19.4 Å². The Balaban J connectivity index is 1.65. The van der Waals surface area contributed by atoms with Crippen molar-refractivity contribution >= 4 is 5.91 Å². The van der Waals surface area contributed by atoms with Crippen LogP contribution in [0, 0.1) is 0 Å². The first-order valence-electron chi connectivity index (χ1n) is 7.52. The van der Waals surface area contributed by atoms with Gasteiger partial charge in [0.1, 0.15) is 12.2 Å². The van der Waals surface area contributed by atoms with Crippen molar-refractivity contribution in [1.29, 1.82) is 0 Å². The van der Waals surface area contributed by atoms with Gasteiger partial charge in [0.15, 0.2) is 0 Å². The first kappa shape index (κ1) is 15.5. The Labute approximate surface area is 134 Å². The maximum Gasteiger partial charge on any atom is 0.236 e. The number of hydrogen-bond donors (Lipinski definition) is 0. The van der Waals surface area contributed by atoms with Gasteiger partial charge in [-0.25, -0.2) is 0 Å². The molecule has 1 aromatic carbocycles. The number of carbonyl (C=O) groups excluding carboxylic acids is 1. The molecule has 2 heterocycles. The average molecular weight is 317 g/mol. The molecule has 1 aromatic heterocycles. The van der Waals surface area contributed by atoms with Gasteiger partial charge >= 0.3 is 0 Å². The third kappa shape index (κ3) is 3.68. The van der Waals surface area contributed by atoms with E-state index in [4.69, 9.17) is 14.0 Å². The van der Waals surface area contributed by atoms with E-state index in [-0.39, 0.29) is 18.4 Å². The Bertz CT molecular complexity index is 668. The van der Waals surface area contributed by atoms with Crippen LogP contribution in [0.15, 0.2) is 28.8 Å². The van der Waals surface area contributed by atoms with Crippen molar-refractivity contribution in [1.82, 2.24) is 15.0 Å². The summed E-state index contributed by atoms with van der Waals surface area (Å²) in [6.45, 7) is 3.71. The van der Waals surface area contributed by atoms with E-state index in [0.29, 0.717) is 31.4 Å². The van der Waals surface area contributed by atoms with Crippen LogP contribution in [-0.4, -0.2) is 53.9 Å². The summed E-state index contributed by atoms with van der Waals surface area (Å²) >= 11 is 0. The smallest absolute Gasteiger partial charge is 0.236 e. The Morgan fingerprint density at radius 2 is 2.17 bits per heavy atom. The molecule has 1 saturated heterocycles. The SMILES string of the molecule is COc1ccc(-c2noc(CC(=O)N3CCOC(C)C3)n2)cc1. The lowest BCUT2D eigenvalue weighted by molar-refractivity contribution is -0.137. The van der Waals surface area contributed by atoms with Gasteiger partial charge < -0.3 is 18.9 Å². The highest BCUT2D eigenvalue weighted by atomic mass is 16.5. The van der Waals surface area contributed by atoms with Gasteiger partial charge in [-0.1, -0.05) is 5.16 Å². The van der Waals surface area contributed by atoms with Crippen molar-refractivity contribution in [2.75, 3.05) is 26.8 Å². The highest BCUT2D eigenvalue weighted by Crippen LogP contribution is 2.20. The summed E-state index contributed by atoms with van der Waals surface area (Å²) < 4.78 is 15.7. The number of aromatic nitrogens is 2. The van der Waals surface area contributed by atoms with Gasteiger partial charge in [-0.3, -0.25) is 4.79 Å². The number of nitrogens with zero attached hydrogens (tertiary/aromatic N) is 3. The second-order valence-corrected chi connectivity index (χ2v) is 5.44. The lowest BCUT2D eigenvalue weighted by atomic mass is 10.2. The average Bonchev–Trinajstić information content (AvgIpc) is 3.03. The van der Waals surface area contributed by atoms with Gasteiger partial charge in [0.05, 0.1) is 19.8 Å². The summed E-state index contributed by atoms with van der Waals surface area (Å²) in [5, 5.41) is 3.93. The number of morpholine rings is 1. The van der Waals surface area contributed by atoms with Gasteiger partial charge in [0.2, 0.25) is 17.6 Å². The molecule has 1 amide bonds. The van der Waals surface area contributed by atoms with Crippen LogP contribution in [0.4, 0.5) is 0 Å². The van der Waals surface area contributed by atoms with E-state index in [1.165, 1.54) is 0 Å². The molecule has 0 aliphatic carbocycles. The minimum Gasteiger partial charge on any atom is -0.497 e. The largest absolute Gasteiger partial charge is 0.497 e. The summed E-state index contributed by atoms with van der Waals surface area (Å²) in [6.07, 6.45) is 0.167. The number of ether oxygens (including phenoxy) is 2. The van der Waals surface area contributed by atoms with Crippen LogP contribution in [0.3, 0.4) is 0 Å². The van der Waals surface area contributed by atoms with Crippen molar-refractivity contribution in [3.05, 3.63) is 30.2 Å². The van der Waals surface area contributed by atoms with Crippen molar-refractivity contribution < 1.29 is 18.8 Å². The molecular weight excluding hydrogens is 298 g/mol. The quantitative estimate of drug-likeness (QED) is 0.851. The first-order chi connectivity index (χ1) is 11.2. The molecule has 0 spiro atoms. The van der Waals surface area contributed by atoms with Crippen molar-refractivity contribution in [2.24, 2.45) is 0 Å². The predicted octanol–water partition coefficient (Wildman–Crippen LogP) is 1.54. The molecule has 23 heavy (non-hydrogen) atoms. The molecule has 0 N–H and O–H groups in total. The Kier molecular flexibility index (Phi) is 4.57. The number of hydrogen-bond acceptors (Lipinski definition) is 6. The number of amides is 1. The van der Waals surface area contributed by atoms with Crippen LogP contribution < -0.4 is 4.74 Å². The fourth-order valence-corrected chi connectivity index (χ4v) is 2.47. The molecule has 1 aliphatic rings. The third-order valence-corrected chi connectivity index (χ3v) is 3.71. The van der Waals surface area contributed by atoms with Crippen LogP contribution in [0.1, 0.15) is 12.8 Å². The van der Waals surface area contributed by atoms with Gasteiger partial charge in [0.25, 0.3) is 0 Å². The molecular formula is C16H19N3O4. The zero-order valence-corrected chi connectivity index (χ0v) is 13.2. The monoisotopic (exact) mass is 317 g/mol. The number of methoxy groups -OCH3 is 1. The number of rotatable bonds is 4. The molecule has 1 atom stereocenters. The maximum absolute atomic E-state index is 12.3.